The number of hydrogen-bond acceptors (Lipinski definition) is 0. The van der Waals surface area contributed by atoms with E-state index < -0.39 is 0 Å². The van der Waals surface area contributed by atoms with Crippen LogP contribution in [0.2, 0.25) is 10.0 Å². The first-order valence-electron chi connectivity index (χ1n) is 3.64. The SMILES string of the molecule is Clc1c[c]c(C2CC2)cc1Cl. The van der Waals surface area contributed by atoms with Gasteiger partial charge in [0.15, 0.2) is 0 Å². The Hall–Kier alpha value is -0.200. The first kappa shape index (κ1) is 7.45. The van der Waals surface area contributed by atoms with E-state index in [4.69, 9.17) is 23.2 Å². The maximum atomic E-state index is 5.83. The van der Waals surface area contributed by atoms with E-state index in [1.54, 1.807) is 6.07 Å². The first-order chi connectivity index (χ1) is 5.27. The molecule has 0 heterocycles. The van der Waals surface area contributed by atoms with Crippen LogP contribution in [-0.4, -0.2) is 0 Å². The maximum Gasteiger partial charge on any atom is 0.0598 e. The maximum absolute atomic E-state index is 5.83. The van der Waals surface area contributed by atoms with Crippen molar-refractivity contribution in [3.05, 3.63) is 33.8 Å². The molecule has 1 saturated carbocycles. The summed E-state index contributed by atoms with van der Waals surface area (Å²) in [6.07, 6.45) is 2.54. The van der Waals surface area contributed by atoms with E-state index in [2.05, 4.69) is 6.07 Å². The van der Waals surface area contributed by atoms with Crippen LogP contribution in [-0.2, 0) is 0 Å². The number of hydrogen-bond donors (Lipinski definition) is 0. The topological polar surface area (TPSA) is 0 Å². The zero-order chi connectivity index (χ0) is 7.84. The molecule has 1 aromatic carbocycles. The van der Waals surface area contributed by atoms with E-state index in [0.717, 1.165) is 0 Å². The molecule has 0 amide bonds. The van der Waals surface area contributed by atoms with Gasteiger partial charge in [-0.3, -0.25) is 0 Å². The van der Waals surface area contributed by atoms with Crippen molar-refractivity contribution in [2.24, 2.45) is 0 Å². The summed E-state index contributed by atoms with van der Waals surface area (Å²) in [7, 11) is 0. The lowest BCUT2D eigenvalue weighted by Crippen LogP contribution is -1.79. The molecule has 1 radical (unpaired) electrons. The normalized spacial score (nSPS) is 16.9. The molecule has 0 unspecified atom stereocenters. The van der Waals surface area contributed by atoms with E-state index in [0.29, 0.717) is 16.0 Å². The molecule has 0 bridgehead atoms. The predicted molar refractivity (Wildman–Crippen MR) is 47.3 cm³/mol. The van der Waals surface area contributed by atoms with Gasteiger partial charge in [0, 0.05) is 0 Å². The molecule has 0 aromatic heterocycles. The summed E-state index contributed by atoms with van der Waals surface area (Å²) < 4.78 is 0. The van der Waals surface area contributed by atoms with Crippen LogP contribution in [0.15, 0.2) is 12.1 Å². The second kappa shape index (κ2) is 2.69. The Labute approximate surface area is 76.1 Å². The zero-order valence-electron chi connectivity index (χ0n) is 5.90. The summed E-state index contributed by atoms with van der Waals surface area (Å²) in [6.45, 7) is 0. The highest BCUT2D eigenvalue weighted by Gasteiger charge is 2.23. The monoisotopic (exact) mass is 185 g/mol. The fourth-order valence-electron chi connectivity index (χ4n) is 1.09. The van der Waals surface area contributed by atoms with E-state index in [1.165, 1.54) is 18.4 Å². The van der Waals surface area contributed by atoms with E-state index in [9.17, 15) is 0 Å². The van der Waals surface area contributed by atoms with Gasteiger partial charge < -0.3 is 0 Å². The van der Waals surface area contributed by atoms with E-state index >= 15 is 0 Å². The van der Waals surface area contributed by atoms with Gasteiger partial charge in [-0.2, -0.15) is 0 Å². The van der Waals surface area contributed by atoms with E-state index in [-0.39, 0.29) is 0 Å². The molecule has 0 atom stereocenters. The van der Waals surface area contributed by atoms with Crippen molar-refractivity contribution in [3.63, 3.8) is 0 Å². The average molecular weight is 186 g/mol. The van der Waals surface area contributed by atoms with Gasteiger partial charge in [0.1, 0.15) is 0 Å². The summed E-state index contributed by atoms with van der Waals surface area (Å²) in [5.41, 5.74) is 1.21. The van der Waals surface area contributed by atoms with Crippen molar-refractivity contribution in [1.82, 2.24) is 0 Å². The van der Waals surface area contributed by atoms with E-state index in [1.807, 2.05) is 6.07 Å². The number of benzene rings is 1. The molecular formula is C9H7Cl2. The highest BCUT2D eigenvalue weighted by atomic mass is 35.5. The molecule has 2 heteroatoms. The molecule has 0 spiro atoms. The van der Waals surface area contributed by atoms with Crippen molar-refractivity contribution in [2.75, 3.05) is 0 Å². The van der Waals surface area contributed by atoms with Crippen molar-refractivity contribution in [2.45, 2.75) is 18.8 Å². The van der Waals surface area contributed by atoms with Gasteiger partial charge in [-0.05, 0) is 42.5 Å². The molecule has 11 heavy (non-hydrogen) atoms. The van der Waals surface area contributed by atoms with Crippen LogP contribution in [0.1, 0.15) is 24.3 Å². The minimum absolute atomic E-state index is 0.594. The summed E-state index contributed by atoms with van der Waals surface area (Å²) >= 11 is 11.6. The third-order valence-electron chi connectivity index (χ3n) is 1.89. The molecule has 57 valence electrons. The largest absolute Gasteiger partial charge is 0.0827 e. The van der Waals surface area contributed by atoms with Crippen LogP contribution < -0.4 is 0 Å². The van der Waals surface area contributed by atoms with Crippen molar-refractivity contribution >= 4 is 23.2 Å². The minimum atomic E-state index is 0.594. The lowest BCUT2D eigenvalue weighted by atomic mass is 10.1. The van der Waals surface area contributed by atoms with Crippen LogP contribution in [0.4, 0.5) is 0 Å². The van der Waals surface area contributed by atoms with Crippen LogP contribution >= 0.6 is 23.2 Å². The number of rotatable bonds is 1. The predicted octanol–water partition coefficient (Wildman–Crippen LogP) is 3.67. The molecule has 1 aromatic rings. The Kier molecular flexibility index (Phi) is 1.82. The second-order valence-electron chi connectivity index (χ2n) is 2.86. The average Bonchev–Trinajstić information content (AvgIpc) is 2.77. The standard InChI is InChI=1S/C9H7Cl2/c10-8-4-3-7(5-9(8)11)6-1-2-6/h4-6H,1-2H2. The zero-order valence-corrected chi connectivity index (χ0v) is 7.41. The Morgan fingerprint density at radius 1 is 1.27 bits per heavy atom. The lowest BCUT2D eigenvalue weighted by Gasteiger charge is -1.98. The molecule has 2 rings (SSSR count). The Bertz CT molecular complexity index is 277. The van der Waals surface area contributed by atoms with Gasteiger partial charge in [0.05, 0.1) is 10.0 Å². The highest BCUT2D eigenvalue weighted by Crippen LogP contribution is 2.41. The molecule has 0 saturated heterocycles. The van der Waals surface area contributed by atoms with Crippen LogP contribution in [0.25, 0.3) is 0 Å². The van der Waals surface area contributed by atoms with Gasteiger partial charge in [0.2, 0.25) is 0 Å². The minimum Gasteiger partial charge on any atom is -0.0827 e. The fraction of sp³-hybridized carbons (Fsp3) is 0.333. The van der Waals surface area contributed by atoms with Gasteiger partial charge in [-0.25, -0.2) is 0 Å². The third-order valence-corrected chi connectivity index (χ3v) is 2.62. The summed E-state index contributed by atoms with van der Waals surface area (Å²) in [4.78, 5) is 0. The van der Waals surface area contributed by atoms with Gasteiger partial charge in [0.25, 0.3) is 0 Å². The Balaban J connectivity index is 2.36. The van der Waals surface area contributed by atoms with Crippen molar-refractivity contribution < 1.29 is 0 Å². The molecule has 0 aliphatic heterocycles. The second-order valence-corrected chi connectivity index (χ2v) is 3.67. The molecule has 1 aliphatic rings. The molecule has 0 N–H and O–H groups in total. The van der Waals surface area contributed by atoms with Crippen molar-refractivity contribution in [3.8, 4) is 0 Å². The summed E-state index contributed by atoms with van der Waals surface area (Å²) in [5, 5.41) is 1.24. The quantitative estimate of drug-likeness (QED) is 0.627. The molecule has 1 aliphatic carbocycles. The number of halogens is 2. The van der Waals surface area contributed by atoms with Crippen LogP contribution in [0.3, 0.4) is 0 Å². The van der Waals surface area contributed by atoms with Crippen LogP contribution in [0.5, 0.6) is 0 Å². The first-order valence-corrected chi connectivity index (χ1v) is 4.39. The van der Waals surface area contributed by atoms with Crippen LogP contribution in [0, 0.1) is 6.07 Å². The molecule has 1 fully saturated rings. The lowest BCUT2D eigenvalue weighted by molar-refractivity contribution is 1.13. The smallest absolute Gasteiger partial charge is 0.0598 e. The molecule has 0 nitrogen and oxygen atoms in total. The van der Waals surface area contributed by atoms with Crippen molar-refractivity contribution in [1.29, 1.82) is 0 Å². The van der Waals surface area contributed by atoms with Gasteiger partial charge in [-0.1, -0.05) is 23.2 Å². The Morgan fingerprint density at radius 2 is 2.00 bits per heavy atom. The third kappa shape index (κ3) is 1.52. The van der Waals surface area contributed by atoms with Gasteiger partial charge >= 0.3 is 0 Å². The molecular weight excluding hydrogens is 179 g/mol. The fourth-order valence-corrected chi connectivity index (χ4v) is 1.37. The summed E-state index contributed by atoms with van der Waals surface area (Å²) in [6, 6.07) is 6.79. The summed E-state index contributed by atoms with van der Waals surface area (Å²) in [5.74, 6) is 0.699. The van der Waals surface area contributed by atoms with Gasteiger partial charge in [-0.15, -0.1) is 0 Å². The Morgan fingerprint density at radius 3 is 2.55 bits per heavy atom. The highest BCUT2D eigenvalue weighted by molar-refractivity contribution is 6.41.